The highest BCUT2D eigenvalue weighted by molar-refractivity contribution is 5.85. The van der Waals surface area contributed by atoms with Crippen molar-refractivity contribution in [1.29, 1.82) is 0 Å². The molecule has 1 unspecified atom stereocenters. The van der Waals surface area contributed by atoms with Crippen molar-refractivity contribution in [3.8, 4) is 0 Å². The molecule has 6 nitrogen and oxygen atoms in total. The number of benzene rings is 1. The number of halogens is 1. The van der Waals surface area contributed by atoms with Gasteiger partial charge in [0.2, 0.25) is 0 Å². The number of hydrogen-bond donors (Lipinski definition) is 1. The minimum atomic E-state index is -0.282. The van der Waals surface area contributed by atoms with E-state index >= 15 is 0 Å². The summed E-state index contributed by atoms with van der Waals surface area (Å²) in [6, 6.07) is 7.06. The molecule has 1 N–H and O–H groups in total. The number of piperidine rings is 1. The quantitative estimate of drug-likeness (QED) is 0.672. The molecule has 1 aromatic carbocycles. The van der Waals surface area contributed by atoms with Crippen molar-refractivity contribution in [3.63, 3.8) is 0 Å². The van der Waals surface area contributed by atoms with Crippen LogP contribution in [0.3, 0.4) is 0 Å². The minimum Gasteiger partial charge on any atom is -0.363 e. The Hall–Kier alpha value is -1.37. The molecule has 0 radical (unpaired) electrons. The summed E-state index contributed by atoms with van der Waals surface area (Å²) in [5, 5.41) is 14.6. The lowest BCUT2D eigenvalue weighted by Gasteiger charge is -2.38. The van der Waals surface area contributed by atoms with Gasteiger partial charge in [-0.2, -0.15) is 0 Å². The summed E-state index contributed by atoms with van der Waals surface area (Å²) < 4.78 is 0. The largest absolute Gasteiger partial charge is 0.363 e. The topological polar surface area (TPSA) is 61.7 Å². The van der Waals surface area contributed by atoms with Gasteiger partial charge in [0, 0.05) is 38.8 Å². The van der Waals surface area contributed by atoms with Crippen LogP contribution in [-0.2, 0) is 0 Å². The Bertz CT molecular complexity index is 515. The van der Waals surface area contributed by atoms with Gasteiger partial charge in [-0.05, 0) is 37.9 Å². The summed E-state index contributed by atoms with van der Waals surface area (Å²) in [5.41, 5.74) is 0.971. The maximum absolute atomic E-state index is 11.2. The molecule has 2 heterocycles. The molecule has 0 saturated carbocycles. The van der Waals surface area contributed by atoms with Gasteiger partial charge >= 0.3 is 0 Å². The van der Waals surface area contributed by atoms with Crippen LogP contribution >= 0.6 is 12.4 Å². The molecule has 128 valence electrons. The molecular formula is C16H25ClN4O2. The fourth-order valence-electron chi connectivity index (χ4n) is 3.50. The second kappa shape index (κ2) is 8.47. The maximum atomic E-state index is 11.2. The van der Waals surface area contributed by atoms with E-state index in [0.29, 0.717) is 0 Å². The highest BCUT2D eigenvalue weighted by Crippen LogP contribution is 2.28. The fourth-order valence-corrected chi connectivity index (χ4v) is 3.50. The zero-order valence-corrected chi connectivity index (χ0v) is 14.1. The van der Waals surface area contributed by atoms with Crippen LogP contribution in [0, 0.1) is 16.0 Å². The Morgan fingerprint density at radius 1 is 1.22 bits per heavy atom. The number of nitrogens with one attached hydrogen (secondary N) is 1. The van der Waals surface area contributed by atoms with Crippen LogP contribution in [0.25, 0.3) is 0 Å². The Morgan fingerprint density at radius 2 is 1.96 bits per heavy atom. The number of hydrogen-bond acceptors (Lipinski definition) is 5. The summed E-state index contributed by atoms with van der Waals surface area (Å²) in [6.07, 6.45) is 2.60. The monoisotopic (exact) mass is 340 g/mol. The summed E-state index contributed by atoms with van der Waals surface area (Å²) in [7, 11) is 0. The molecule has 0 amide bonds. The number of nitrogens with zero attached hydrogens (tertiary/aromatic N) is 3. The van der Waals surface area contributed by atoms with E-state index in [4.69, 9.17) is 0 Å². The van der Waals surface area contributed by atoms with Crippen molar-refractivity contribution in [1.82, 2.24) is 10.2 Å². The van der Waals surface area contributed by atoms with Gasteiger partial charge in [0.1, 0.15) is 5.69 Å². The third-order valence-electron chi connectivity index (χ3n) is 4.71. The van der Waals surface area contributed by atoms with Gasteiger partial charge in [0.05, 0.1) is 4.92 Å². The van der Waals surface area contributed by atoms with Crippen molar-refractivity contribution in [2.75, 3.05) is 50.7 Å². The van der Waals surface area contributed by atoms with E-state index in [-0.39, 0.29) is 23.0 Å². The van der Waals surface area contributed by atoms with E-state index in [0.717, 1.165) is 57.4 Å². The molecule has 1 atom stereocenters. The zero-order chi connectivity index (χ0) is 15.4. The third kappa shape index (κ3) is 4.56. The van der Waals surface area contributed by atoms with Crippen LogP contribution in [0.2, 0.25) is 0 Å². The first-order valence-corrected chi connectivity index (χ1v) is 8.15. The van der Waals surface area contributed by atoms with Crippen LogP contribution in [0.1, 0.15) is 12.8 Å². The highest BCUT2D eigenvalue weighted by Gasteiger charge is 2.24. The highest BCUT2D eigenvalue weighted by atomic mass is 35.5. The second-order valence-electron chi connectivity index (χ2n) is 6.25. The van der Waals surface area contributed by atoms with Crippen LogP contribution in [-0.4, -0.2) is 55.6 Å². The molecule has 2 fully saturated rings. The van der Waals surface area contributed by atoms with Gasteiger partial charge in [-0.25, -0.2) is 0 Å². The lowest BCUT2D eigenvalue weighted by atomic mass is 9.99. The number of rotatable bonds is 4. The number of nitro benzene ring substituents is 1. The van der Waals surface area contributed by atoms with Crippen molar-refractivity contribution in [3.05, 3.63) is 34.4 Å². The predicted octanol–water partition coefficient (Wildman–Crippen LogP) is 2.14. The summed E-state index contributed by atoms with van der Waals surface area (Å²) in [5.74, 6) is 0.756. The molecule has 0 aromatic heterocycles. The SMILES string of the molecule is Cl.O=[N+]([O-])c1ccccc1N1CCN(CC2CCCNC2)CC1. The van der Waals surface area contributed by atoms with Crippen molar-refractivity contribution >= 4 is 23.8 Å². The van der Waals surface area contributed by atoms with Crippen LogP contribution in [0.15, 0.2) is 24.3 Å². The van der Waals surface area contributed by atoms with Crippen molar-refractivity contribution in [2.45, 2.75) is 12.8 Å². The number of nitro groups is 1. The standard InChI is InChI=1S/C16H24N4O2.ClH/c21-20(22)16-6-2-1-5-15(16)19-10-8-18(9-11-19)13-14-4-3-7-17-12-14;/h1-2,5-6,14,17H,3-4,7-13H2;1H. The maximum Gasteiger partial charge on any atom is 0.292 e. The molecule has 0 bridgehead atoms. The van der Waals surface area contributed by atoms with E-state index in [9.17, 15) is 10.1 Å². The van der Waals surface area contributed by atoms with Crippen molar-refractivity contribution in [2.24, 2.45) is 5.92 Å². The first-order valence-electron chi connectivity index (χ1n) is 8.15. The summed E-state index contributed by atoms with van der Waals surface area (Å²) in [6.45, 7) is 7.14. The molecule has 23 heavy (non-hydrogen) atoms. The molecule has 1 aromatic rings. The van der Waals surface area contributed by atoms with Crippen molar-refractivity contribution < 1.29 is 4.92 Å². The molecule has 3 rings (SSSR count). The fraction of sp³-hybridized carbons (Fsp3) is 0.625. The van der Waals surface area contributed by atoms with E-state index in [1.807, 2.05) is 12.1 Å². The summed E-state index contributed by atoms with van der Waals surface area (Å²) in [4.78, 5) is 15.5. The van der Waals surface area contributed by atoms with E-state index < -0.39 is 0 Å². The molecule has 2 aliphatic rings. The lowest BCUT2D eigenvalue weighted by Crippen LogP contribution is -2.49. The van der Waals surface area contributed by atoms with Gasteiger partial charge in [0.15, 0.2) is 0 Å². The van der Waals surface area contributed by atoms with Gasteiger partial charge in [0.25, 0.3) is 5.69 Å². The minimum absolute atomic E-state index is 0. The molecule has 7 heteroatoms. The molecule has 0 aliphatic carbocycles. The predicted molar refractivity (Wildman–Crippen MR) is 94.6 cm³/mol. The lowest BCUT2D eigenvalue weighted by molar-refractivity contribution is -0.384. The smallest absolute Gasteiger partial charge is 0.292 e. The number of anilines is 1. The van der Waals surface area contributed by atoms with Gasteiger partial charge in [-0.1, -0.05) is 12.1 Å². The Balaban J connectivity index is 0.00000192. The molecular weight excluding hydrogens is 316 g/mol. The van der Waals surface area contributed by atoms with Gasteiger partial charge < -0.3 is 10.2 Å². The van der Waals surface area contributed by atoms with Gasteiger partial charge in [-0.3, -0.25) is 15.0 Å². The molecule has 0 spiro atoms. The second-order valence-corrected chi connectivity index (χ2v) is 6.25. The van der Waals surface area contributed by atoms with Gasteiger partial charge in [-0.15, -0.1) is 12.4 Å². The van der Waals surface area contributed by atoms with E-state index in [1.165, 1.54) is 12.8 Å². The third-order valence-corrected chi connectivity index (χ3v) is 4.71. The molecule has 2 aliphatic heterocycles. The first-order chi connectivity index (χ1) is 10.7. The number of piperazine rings is 1. The van der Waals surface area contributed by atoms with Crippen LogP contribution in [0.5, 0.6) is 0 Å². The first kappa shape index (κ1) is 18.0. The zero-order valence-electron chi connectivity index (χ0n) is 13.3. The van der Waals surface area contributed by atoms with E-state index in [2.05, 4.69) is 15.1 Å². The Kier molecular flexibility index (Phi) is 6.62. The number of para-hydroxylation sites is 2. The van der Waals surface area contributed by atoms with Crippen LogP contribution in [0.4, 0.5) is 11.4 Å². The summed E-state index contributed by atoms with van der Waals surface area (Å²) >= 11 is 0. The Morgan fingerprint density at radius 3 is 2.61 bits per heavy atom. The molecule has 2 saturated heterocycles. The van der Waals surface area contributed by atoms with Crippen LogP contribution < -0.4 is 10.2 Å². The average molecular weight is 341 g/mol. The average Bonchev–Trinajstić information content (AvgIpc) is 2.56. The normalized spacial score (nSPS) is 22.4. The Labute approximate surface area is 143 Å². The van der Waals surface area contributed by atoms with E-state index in [1.54, 1.807) is 12.1 Å².